The summed E-state index contributed by atoms with van der Waals surface area (Å²) in [7, 11) is 0. The molecule has 0 amide bonds. The molecule has 0 unspecified atom stereocenters. The lowest BCUT2D eigenvalue weighted by Crippen LogP contribution is -2.03. The van der Waals surface area contributed by atoms with Gasteiger partial charge in [-0.25, -0.2) is 9.97 Å². The van der Waals surface area contributed by atoms with E-state index in [2.05, 4.69) is 179 Å². The van der Waals surface area contributed by atoms with Gasteiger partial charge in [-0.1, -0.05) is 127 Å². The van der Waals surface area contributed by atoms with Crippen molar-refractivity contribution in [2.75, 3.05) is 0 Å². The zero-order valence-corrected chi connectivity index (χ0v) is 29.0. The van der Waals surface area contributed by atoms with Crippen LogP contribution in [0.25, 0.3) is 120 Å². The number of para-hydroxylation sites is 3. The third-order valence-corrected chi connectivity index (χ3v) is 11.8. The molecule has 4 aromatic heterocycles. The molecule has 0 saturated heterocycles. The zero-order chi connectivity index (χ0) is 35.1. The smallest absolute Gasteiger partial charge is 0.162 e. The molecule has 4 heterocycles. The third kappa shape index (κ3) is 3.57. The predicted octanol–water partition coefficient (Wildman–Crippen LogP) is 13.0. The van der Waals surface area contributed by atoms with E-state index >= 15 is 0 Å². The van der Waals surface area contributed by atoms with Crippen LogP contribution in [0.15, 0.2) is 170 Å². The average molecular weight is 685 g/mol. The lowest BCUT2D eigenvalue weighted by molar-refractivity contribution is 1.08. The van der Waals surface area contributed by atoms with Crippen molar-refractivity contribution < 1.29 is 0 Å². The highest BCUT2D eigenvalue weighted by molar-refractivity contribution is 6.36. The van der Waals surface area contributed by atoms with Crippen LogP contribution in [0.3, 0.4) is 0 Å². The van der Waals surface area contributed by atoms with Crippen molar-refractivity contribution in [3.63, 3.8) is 0 Å². The highest BCUT2D eigenvalue weighted by Crippen LogP contribution is 2.48. The third-order valence-electron chi connectivity index (χ3n) is 11.8. The number of benzene rings is 9. The van der Waals surface area contributed by atoms with Gasteiger partial charge in [0.1, 0.15) is 5.82 Å². The molecular formula is C50H28N4. The van der Waals surface area contributed by atoms with Crippen molar-refractivity contribution >= 4 is 103 Å². The van der Waals surface area contributed by atoms with Crippen LogP contribution in [0.2, 0.25) is 0 Å². The molecule has 0 radical (unpaired) electrons. The Labute approximate surface area is 308 Å². The number of hydrogen-bond acceptors (Lipinski definition) is 2. The maximum atomic E-state index is 5.56. The monoisotopic (exact) mass is 684 g/mol. The summed E-state index contributed by atoms with van der Waals surface area (Å²) >= 11 is 0. The Balaban J connectivity index is 1.21. The van der Waals surface area contributed by atoms with Crippen molar-refractivity contribution in [2.24, 2.45) is 0 Å². The second kappa shape index (κ2) is 10.2. The van der Waals surface area contributed by atoms with Crippen LogP contribution in [-0.4, -0.2) is 18.9 Å². The van der Waals surface area contributed by atoms with Gasteiger partial charge in [-0.05, 0) is 74.8 Å². The van der Waals surface area contributed by atoms with E-state index in [1.807, 2.05) is 0 Å². The van der Waals surface area contributed by atoms with Crippen molar-refractivity contribution in [3.8, 4) is 17.2 Å². The number of hydrogen-bond donors (Lipinski definition) is 0. The summed E-state index contributed by atoms with van der Waals surface area (Å²) in [5.41, 5.74) is 7.90. The van der Waals surface area contributed by atoms with Crippen molar-refractivity contribution in [3.05, 3.63) is 170 Å². The molecule has 0 atom stereocenters. The highest BCUT2D eigenvalue weighted by atomic mass is 15.1. The van der Waals surface area contributed by atoms with Gasteiger partial charge in [-0.2, -0.15) is 0 Å². The molecule has 0 saturated carbocycles. The number of rotatable bonds is 2. The number of aromatic nitrogens is 4. The van der Waals surface area contributed by atoms with Gasteiger partial charge >= 0.3 is 0 Å². The Morgan fingerprint density at radius 3 is 1.83 bits per heavy atom. The minimum atomic E-state index is 0.711. The zero-order valence-electron chi connectivity index (χ0n) is 29.0. The fourth-order valence-corrected chi connectivity index (χ4v) is 9.50. The Kier molecular flexibility index (Phi) is 5.34. The summed E-state index contributed by atoms with van der Waals surface area (Å²) < 4.78 is 4.91. The summed E-state index contributed by atoms with van der Waals surface area (Å²) in [5, 5.41) is 15.9. The predicted molar refractivity (Wildman–Crippen MR) is 226 cm³/mol. The van der Waals surface area contributed by atoms with Gasteiger partial charge in [0.2, 0.25) is 0 Å². The first kappa shape index (κ1) is 28.3. The van der Waals surface area contributed by atoms with Gasteiger partial charge < -0.3 is 4.40 Å². The van der Waals surface area contributed by atoms with Crippen LogP contribution in [0.5, 0.6) is 0 Å². The fraction of sp³-hybridized carbons (Fsp3) is 0. The molecule has 13 rings (SSSR count). The fourth-order valence-electron chi connectivity index (χ4n) is 9.50. The molecule has 13 aromatic rings. The standard InChI is InChI=1S/C50H28N4/c1-3-13-33-29(11-1)21-22-31-23-24-32(27-38(31)33)49-51-41-18-8-5-16-36(41)50(52-49)54-42-19-9-6-15-35(42)39-28-40-45-34-14-4-2-12-30(34)25-26-44(45)53-43-20-10-7-17-37(43)46(47(39)54)48(40)53/h1-28H. The minimum Gasteiger partial charge on any atom is -0.308 e. The molecule has 0 fully saturated rings. The molecule has 4 heteroatoms. The SMILES string of the molecule is c1ccc2c(c1)ccc1ccc(-c3nc(-n4c5ccccc5c5cc6c7c8ccccc8ccc7n7c8ccccc8c(c54)c67)c4ccccc4n3)cc12. The van der Waals surface area contributed by atoms with Gasteiger partial charge in [-0.15, -0.1) is 0 Å². The topological polar surface area (TPSA) is 35.1 Å². The molecule has 0 N–H and O–H groups in total. The van der Waals surface area contributed by atoms with Crippen molar-refractivity contribution in [1.82, 2.24) is 18.9 Å². The van der Waals surface area contributed by atoms with Gasteiger partial charge in [0.15, 0.2) is 5.82 Å². The lowest BCUT2D eigenvalue weighted by Gasteiger charge is -2.14. The van der Waals surface area contributed by atoms with Gasteiger partial charge in [0.05, 0.1) is 33.1 Å². The number of nitrogens with zero attached hydrogens (tertiary/aromatic N) is 4. The first-order valence-corrected chi connectivity index (χ1v) is 18.5. The summed E-state index contributed by atoms with van der Waals surface area (Å²) in [4.78, 5) is 10.8. The second-order valence-electron chi connectivity index (χ2n) is 14.5. The first-order chi connectivity index (χ1) is 26.8. The molecule has 0 aliphatic carbocycles. The lowest BCUT2D eigenvalue weighted by atomic mass is 9.99. The van der Waals surface area contributed by atoms with Crippen LogP contribution in [-0.2, 0) is 0 Å². The van der Waals surface area contributed by atoms with Crippen LogP contribution >= 0.6 is 0 Å². The Bertz CT molecular complexity index is 3740. The molecule has 248 valence electrons. The summed E-state index contributed by atoms with van der Waals surface area (Å²) in [6.45, 7) is 0. The Morgan fingerprint density at radius 2 is 0.981 bits per heavy atom. The van der Waals surface area contributed by atoms with E-state index in [1.54, 1.807) is 0 Å². The van der Waals surface area contributed by atoms with E-state index in [4.69, 9.17) is 9.97 Å². The maximum absolute atomic E-state index is 5.56. The molecule has 0 bridgehead atoms. The van der Waals surface area contributed by atoms with Crippen LogP contribution in [0.1, 0.15) is 0 Å². The van der Waals surface area contributed by atoms with E-state index in [-0.39, 0.29) is 0 Å². The van der Waals surface area contributed by atoms with Gasteiger partial charge in [-0.3, -0.25) is 4.57 Å². The van der Waals surface area contributed by atoms with Crippen molar-refractivity contribution in [2.45, 2.75) is 0 Å². The molecule has 0 aliphatic heterocycles. The van der Waals surface area contributed by atoms with E-state index < -0.39 is 0 Å². The van der Waals surface area contributed by atoms with Crippen LogP contribution in [0.4, 0.5) is 0 Å². The average Bonchev–Trinajstić information content (AvgIpc) is 3.88. The van der Waals surface area contributed by atoms with Crippen LogP contribution < -0.4 is 0 Å². The summed E-state index contributed by atoms with van der Waals surface area (Å²) in [6, 6.07) is 61.6. The highest BCUT2D eigenvalue weighted by Gasteiger charge is 2.26. The molecular weight excluding hydrogens is 657 g/mol. The van der Waals surface area contributed by atoms with Crippen molar-refractivity contribution in [1.29, 1.82) is 0 Å². The Morgan fingerprint density at radius 1 is 0.352 bits per heavy atom. The molecule has 0 spiro atoms. The molecule has 9 aromatic carbocycles. The Hall–Kier alpha value is -7.30. The van der Waals surface area contributed by atoms with Gasteiger partial charge in [0.25, 0.3) is 0 Å². The van der Waals surface area contributed by atoms with Crippen LogP contribution in [0, 0.1) is 0 Å². The normalized spacial score (nSPS) is 12.4. The summed E-state index contributed by atoms with van der Waals surface area (Å²) in [5.74, 6) is 1.59. The maximum Gasteiger partial charge on any atom is 0.162 e. The minimum absolute atomic E-state index is 0.711. The number of fused-ring (bicyclic) bond motifs is 16. The quantitative estimate of drug-likeness (QED) is 0.170. The van der Waals surface area contributed by atoms with E-state index in [1.165, 1.54) is 86.7 Å². The van der Waals surface area contributed by atoms with E-state index in [0.717, 1.165) is 27.8 Å². The summed E-state index contributed by atoms with van der Waals surface area (Å²) in [6.07, 6.45) is 0. The van der Waals surface area contributed by atoms with E-state index in [9.17, 15) is 0 Å². The molecule has 4 nitrogen and oxygen atoms in total. The molecule has 54 heavy (non-hydrogen) atoms. The largest absolute Gasteiger partial charge is 0.308 e. The molecule has 0 aliphatic rings. The first-order valence-electron chi connectivity index (χ1n) is 18.5. The van der Waals surface area contributed by atoms with Gasteiger partial charge in [0, 0.05) is 43.3 Å². The second-order valence-corrected chi connectivity index (χ2v) is 14.5. The van der Waals surface area contributed by atoms with E-state index in [0.29, 0.717) is 5.82 Å².